The summed E-state index contributed by atoms with van der Waals surface area (Å²) in [6, 6.07) is 0. The summed E-state index contributed by atoms with van der Waals surface area (Å²) in [5.41, 5.74) is 5.59. The number of H-pyrrole nitrogens is 1. The zero-order chi connectivity index (χ0) is 12.3. The van der Waals surface area contributed by atoms with Gasteiger partial charge in [0.1, 0.15) is 5.69 Å². The second-order valence-corrected chi connectivity index (χ2v) is 3.97. The Labute approximate surface area is 99.0 Å². The van der Waals surface area contributed by atoms with Crippen LogP contribution in [0.3, 0.4) is 0 Å². The van der Waals surface area contributed by atoms with Gasteiger partial charge >= 0.3 is 0 Å². The lowest BCUT2D eigenvalue weighted by Gasteiger charge is -2.33. The number of aromatic amines is 1. The Morgan fingerprint density at radius 1 is 1.76 bits per heavy atom. The van der Waals surface area contributed by atoms with Crippen LogP contribution in [-0.4, -0.2) is 49.4 Å². The minimum atomic E-state index is -0.299. The molecule has 2 heterocycles. The highest BCUT2D eigenvalue weighted by Crippen LogP contribution is 2.18. The van der Waals surface area contributed by atoms with Crippen LogP contribution < -0.4 is 21.5 Å². The van der Waals surface area contributed by atoms with Crippen LogP contribution in [0.15, 0.2) is 11.1 Å². The van der Waals surface area contributed by atoms with Gasteiger partial charge in [0.05, 0.1) is 19.0 Å². The number of ether oxygens (including phenoxy) is 1. The van der Waals surface area contributed by atoms with E-state index >= 15 is 0 Å². The number of likely N-dealkylation sites (N-methyl/N-ethyl adjacent to an activating group) is 1. The Hall–Kier alpha value is -1.60. The summed E-state index contributed by atoms with van der Waals surface area (Å²) < 4.78 is 5.58. The van der Waals surface area contributed by atoms with Crippen LogP contribution in [0.1, 0.15) is 0 Å². The lowest BCUT2D eigenvalue weighted by molar-refractivity contribution is 0.0419. The molecule has 1 fully saturated rings. The summed E-state index contributed by atoms with van der Waals surface area (Å²) in [5, 5.41) is 3.06. The standard InChI is InChI=1S/C10H17N5O2/c1-12-4-7-5-15(2-3-17-7)9-8(11)10(16)14-6-13-9/h6-7,12H,2-5,11H2,1H3,(H,13,14,16). The van der Waals surface area contributed by atoms with Crippen LogP contribution in [0.5, 0.6) is 0 Å². The van der Waals surface area contributed by atoms with E-state index in [1.54, 1.807) is 0 Å². The lowest BCUT2D eigenvalue weighted by Crippen LogP contribution is -2.47. The van der Waals surface area contributed by atoms with Crippen molar-refractivity contribution in [3.63, 3.8) is 0 Å². The lowest BCUT2D eigenvalue weighted by atomic mass is 10.2. The number of aromatic nitrogens is 2. The number of rotatable bonds is 3. The van der Waals surface area contributed by atoms with Gasteiger partial charge in [-0.05, 0) is 7.05 Å². The normalized spacial score (nSPS) is 20.5. The molecule has 7 nitrogen and oxygen atoms in total. The SMILES string of the molecule is CNCC1CN(c2nc[nH]c(=O)c2N)CCO1. The number of nitrogen functional groups attached to an aromatic ring is 1. The maximum Gasteiger partial charge on any atom is 0.276 e. The second kappa shape index (κ2) is 5.15. The predicted molar refractivity (Wildman–Crippen MR) is 65.1 cm³/mol. The van der Waals surface area contributed by atoms with Crippen molar-refractivity contribution in [3.8, 4) is 0 Å². The first kappa shape index (κ1) is 11.9. The van der Waals surface area contributed by atoms with Crippen LogP contribution in [0.4, 0.5) is 11.5 Å². The molecule has 17 heavy (non-hydrogen) atoms. The van der Waals surface area contributed by atoms with Gasteiger partial charge in [-0.3, -0.25) is 4.79 Å². The molecule has 1 aliphatic heterocycles. The third kappa shape index (κ3) is 2.56. The van der Waals surface area contributed by atoms with Crippen LogP contribution in [-0.2, 0) is 4.74 Å². The van der Waals surface area contributed by atoms with Gasteiger partial charge in [0.2, 0.25) is 0 Å². The van der Waals surface area contributed by atoms with Crippen molar-refractivity contribution in [2.75, 3.05) is 43.9 Å². The van der Waals surface area contributed by atoms with Gasteiger partial charge in [0, 0.05) is 19.6 Å². The average Bonchev–Trinajstić information content (AvgIpc) is 2.33. The van der Waals surface area contributed by atoms with E-state index in [-0.39, 0.29) is 17.4 Å². The van der Waals surface area contributed by atoms with Gasteiger partial charge in [-0.15, -0.1) is 0 Å². The first-order chi connectivity index (χ1) is 8.22. The van der Waals surface area contributed by atoms with Gasteiger partial charge in [0.15, 0.2) is 5.82 Å². The quantitative estimate of drug-likeness (QED) is 0.611. The van der Waals surface area contributed by atoms with E-state index in [1.165, 1.54) is 6.33 Å². The number of hydrogen-bond donors (Lipinski definition) is 3. The summed E-state index contributed by atoms with van der Waals surface area (Å²) in [6.45, 7) is 2.75. The Bertz CT molecular complexity index is 431. The van der Waals surface area contributed by atoms with E-state index in [9.17, 15) is 4.79 Å². The number of morpholine rings is 1. The third-order valence-electron chi connectivity index (χ3n) is 2.74. The monoisotopic (exact) mass is 239 g/mol. The molecule has 0 aromatic carbocycles. The van der Waals surface area contributed by atoms with Gasteiger partial charge in [-0.25, -0.2) is 4.98 Å². The maximum atomic E-state index is 11.4. The molecule has 0 radical (unpaired) electrons. The zero-order valence-electron chi connectivity index (χ0n) is 9.77. The average molecular weight is 239 g/mol. The summed E-state index contributed by atoms with van der Waals surface area (Å²) in [4.78, 5) is 20.0. The van der Waals surface area contributed by atoms with E-state index in [0.29, 0.717) is 25.5 Å². The van der Waals surface area contributed by atoms with Crippen LogP contribution >= 0.6 is 0 Å². The predicted octanol–water partition coefficient (Wildman–Crippen LogP) is -1.22. The van der Waals surface area contributed by atoms with Crippen molar-refractivity contribution < 1.29 is 4.74 Å². The smallest absolute Gasteiger partial charge is 0.276 e. The molecule has 1 unspecified atom stereocenters. The molecule has 0 bridgehead atoms. The van der Waals surface area contributed by atoms with Crippen molar-refractivity contribution in [1.29, 1.82) is 0 Å². The maximum absolute atomic E-state index is 11.4. The molecular formula is C10H17N5O2. The Kier molecular flexibility index (Phi) is 3.60. The second-order valence-electron chi connectivity index (χ2n) is 3.97. The largest absolute Gasteiger partial charge is 0.391 e. The van der Waals surface area contributed by atoms with Gasteiger partial charge in [-0.2, -0.15) is 0 Å². The number of nitrogens with two attached hydrogens (primary N) is 1. The van der Waals surface area contributed by atoms with Crippen molar-refractivity contribution >= 4 is 11.5 Å². The molecule has 7 heteroatoms. The van der Waals surface area contributed by atoms with Crippen LogP contribution in [0, 0.1) is 0 Å². The van der Waals surface area contributed by atoms with Crippen molar-refractivity contribution in [2.45, 2.75) is 6.10 Å². The molecule has 1 aliphatic rings. The van der Waals surface area contributed by atoms with E-state index in [2.05, 4.69) is 15.3 Å². The van der Waals surface area contributed by atoms with E-state index < -0.39 is 0 Å². The molecule has 2 rings (SSSR count). The first-order valence-corrected chi connectivity index (χ1v) is 5.56. The van der Waals surface area contributed by atoms with Crippen molar-refractivity contribution in [3.05, 3.63) is 16.7 Å². The fraction of sp³-hybridized carbons (Fsp3) is 0.600. The van der Waals surface area contributed by atoms with Gasteiger partial charge < -0.3 is 25.7 Å². The summed E-state index contributed by atoms with van der Waals surface area (Å²) in [7, 11) is 1.88. The summed E-state index contributed by atoms with van der Waals surface area (Å²) >= 11 is 0. The van der Waals surface area contributed by atoms with E-state index in [0.717, 1.165) is 6.54 Å². The fourth-order valence-corrected chi connectivity index (χ4v) is 1.92. The van der Waals surface area contributed by atoms with Gasteiger partial charge in [-0.1, -0.05) is 0 Å². The fourth-order valence-electron chi connectivity index (χ4n) is 1.92. The molecule has 1 aromatic rings. The van der Waals surface area contributed by atoms with Crippen LogP contribution in [0.2, 0.25) is 0 Å². The zero-order valence-corrected chi connectivity index (χ0v) is 9.77. The minimum absolute atomic E-state index is 0.0919. The molecule has 1 aromatic heterocycles. The Morgan fingerprint density at radius 3 is 3.35 bits per heavy atom. The van der Waals surface area contributed by atoms with Crippen molar-refractivity contribution in [2.24, 2.45) is 0 Å². The molecule has 1 atom stereocenters. The molecule has 4 N–H and O–H groups in total. The molecule has 0 aliphatic carbocycles. The third-order valence-corrected chi connectivity index (χ3v) is 2.74. The van der Waals surface area contributed by atoms with Crippen molar-refractivity contribution in [1.82, 2.24) is 15.3 Å². The van der Waals surface area contributed by atoms with Gasteiger partial charge in [0.25, 0.3) is 5.56 Å². The highest BCUT2D eigenvalue weighted by molar-refractivity contribution is 5.61. The molecule has 0 saturated carbocycles. The van der Waals surface area contributed by atoms with E-state index in [4.69, 9.17) is 10.5 Å². The minimum Gasteiger partial charge on any atom is -0.391 e. The molecule has 0 amide bonds. The highest BCUT2D eigenvalue weighted by Gasteiger charge is 2.22. The molecular weight excluding hydrogens is 222 g/mol. The topological polar surface area (TPSA) is 96.3 Å². The number of nitrogens with one attached hydrogen (secondary N) is 2. The summed E-state index contributed by atoms with van der Waals surface area (Å²) in [5.74, 6) is 0.540. The molecule has 0 spiro atoms. The molecule has 1 saturated heterocycles. The number of nitrogens with zero attached hydrogens (tertiary/aromatic N) is 2. The number of hydrogen-bond acceptors (Lipinski definition) is 6. The first-order valence-electron chi connectivity index (χ1n) is 5.56. The van der Waals surface area contributed by atoms with Crippen LogP contribution in [0.25, 0.3) is 0 Å². The highest BCUT2D eigenvalue weighted by atomic mass is 16.5. The summed E-state index contributed by atoms with van der Waals surface area (Å²) in [6.07, 6.45) is 1.46. The Morgan fingerprint density at radius 2 is 2.59 bits per heavy atom. The number of anilines is 2. The Balaban J connectivity index is 2.16. The van der Waals surface area contributed by atoms with E-state index in [1.807, 2.05) is 11.9 Å². The molecule has 94 valence electrons.